The summed E-state index contributed by atoms with van der Waals surface area (Å²) in [4.78, 5) is 0. The quantitative estimate of drug-likeness (QED) is 0.327. The predicted molar refractivity (Wildman–Crippen MR) is 131 cm³/mol. The van der Waals surface area contributed by atoms with Crippen LogP contribution in [0.15, 0.2) is 78.9 Å². The number of benzene rings is 4. The van der Waals surface area contributed by atoms with Crippen molar-refractivity contribution in [3.8, 4) is 22.3 Å². The van der Waals surface area contributed by atoms with Gasteiger partial charge in [0.05, 0.1) is 6.04 Å². The SMILES string of the molecule is CCc1ccc2c(c1CC)C(Nc1cccc3c1Cc1ccccc1-3)c1ccccc1-2. The first kappa shape index (κ1) is 18.4. The van der Waals surface area contributed by atoms with E-state index < -0.39 is 0 Å². The Kier molecular flexibility index (Phi) is 4.24. The highest BCUT2D eigenvalue weighted by Crippen LogP contribution is 2.49. The average molecular weight is 402 g/mol. The molecule has 2 aliphatic rings. The van der Waals surface area contributed by atoms with E-state index in [0.717, 1.165) is 19.3 Å². The maximum absolute atomic E-state index is 4.01. The van der Waals surface area contributed by atoms with E-state index in [9.17, 15) is 0 Å². The van der Waals surface area contributed by atoms with E-state index in [-0.39, 0.29) is 6.04 Å². The molecule has 0 fully saturated rings. The van der Waals surface area contributed by atoms with Crippen molar-refractivity contribution in [3.63, 3.8) is 0 Å². The molecule has 1 N–H and O–H groups in total. The van der Waals surface area contributed by atoms with E-state index in [1.54, 1.807) is 0 Å². The zero-order valence-electron chi connectivity index (χ0n) is 18.2. The van der Waals surface area contributed by atoms with Crippen LogP contribution in [-0.4, -0.2) is 0 Å². The Hall–Kier alpha value is -3.32. The molecule has 2 aliphatic carbocycles. The topological polar surface area (TPSA) is 12.0 Å². The third-order valence-corrected chi connectivity index (χ3v) is 7.19. The molecule has 0 amide bonds. The van der Waals surface area contributed by atoms with E-state index in [4.69, 9.17) is 0 Å². The van der Waals surface area contributed by atoms with E-state index in [2.05, 4.69) is 98.0 Å². The molecule has 0 aliphatic heterocycles. The summed E-state index contributed by atoms with van der Waals surface area (Å²) in [7, 11) is 0. The Bertz CT molecular complexity index is 1310. The van der Waals surface area contributed by atoms with E-state index in [0.29, 0.717) is 0 Å². The molecule has 0 bridgehead atoms. The van der Waals surface area contributed by atoms with Gasteiger partial charge in [0.2, 0.25) is 0 Å². The molecule has 6 rings (SSSR count). The average Bonchev–Trinajstić information content (AvgIpc) is 3.35. The largest absolute Gasteiger partial charge is 0.374 e. The van der Waals surface area contributed by atoms with Crippen LogP contribution in [0.4, 0.5) is 5.69 Å². The van der Waals surface area contributed by atoms with Crippen LogP contribution < -0.4 is 5.32 Å². The van der Waals surface area contributed by atoms with Gasteiger partial charge in [-0.2, -0.15) is 0 Å². The first-order chi connectivity index (χ1) is 15.3. The van der Waals surface area contributed by atoms with Gasteiger partial charge in [-0.3, -0.25) is 0 Å². The van der Waals surface area contributed by atoms with Crippen LogP contribution in [0.2, 0.25) is 0 Å². The second-order valence-electron chi connectivity index (χ2n) is 8.70. The third-order valence-electron chi connectivity index (χ3n) is 7.19. The van der Waals surface area contributed by atoms with Crippen LogP contribution in [0.1, 0.15) is 53.3 Å². The molecule has 1 unspecified atom stereocenters. The molecule has 1 heteroatoms. The Morgan fingerprint density at radius 2 is 1.48 bits per heavy atom. The Labute approximate surface area is 184 Å². The maximum Gasteiger partial charge on any atom is 0.0782 e. The summed E-state index contributed by atoms with van der Waals surface area (Å²) < 4.78 is 0. The Morgan fingerprint density at radius 1 is 0.710 bits per heavy atom. The second-order valence-corrected chi connectivity index (χ2v) is 8.70. The van der Waals surface area contributed by atoms with Crippen molar-refractivity contribution in [1.82, 2.24) is 0 Å². The minimum absolute atomic E-state index is 0.197. The third kappa shape index (κ3) is 2.69. The van der Waals surface area contributed by atoms with Gasteiger partial charge in [0, 0.05) is 12.1 Å². The molecule has 0 heterocycles. The lowest BCUT2D eigenvalue weighted by Gasteiger charge is -2.23. The van der Waals surface area contributed by atoms with Crippen molar-refractivity contribution < 1.29 is 0 Å². The zero-order chi connectivity index (χ0) is 20.9. The van der Waals surface area contributed by atoms with Gasteiger partial charge in [-0.1, -0.05) is 86.6 Å². The lowest BCUT2D eigenvalue weighted by Crippen LogP contribution is -2.13. The van der Waals surface area contributed by atoms with Crippen LogP contribution in [-0.2, 0) is 19.3 Å². The molecule has 4 aromatic rings. The highest BCUT2D eigenvalue weighted by Gasteiger charge is 2.32. The molecule has 152 valence electrons. The number of anilines is 1. The number of hydrogen-bond donors (Lipinski definition) is 1. The van der Waals surface area contributed by atoms with Crippen LogP contribution in [0.5, 0.6) is 0 Å². The summed E-state index contributed by atoms with van der Waals surface area (Å²) in [5.41, 5.74) is 15.6. The van der Waals surface area contributed by atoms with Gasteiger partial charge in [0.1, 0.15) is 0 Å². The molecule has 0 saturated carbocycles. The predicted octanol–water partition coefficient (Wildman–Crippen LogP) is 7.56. The molecule has 0 radical (unpaired) electrons. The molecule has 0 aromatic heterocycles. The van der Waals surface area contributed by atoms with Gasteiger partial charge in [-0.25, -0.2) is 0 Å². The molecule has 31 heavy (non-hydrogen) atoms. The summed E-state index contributed by atoms with van der Waals surface area (Å²) in [5, 5.41) is 4.01. The van der Waals surface area contributed by atoms with Gasteiger partial charge in [0.15, 0.2) is 0 Å². The smallest absolute Gasteiger partial charge is 0.0782 e. The summed E-state index contributed by atoms with van der Waals surface area (Å²) in [6.45, 7) is 4.57. The lowest BCUT2D eigenvalue weighted by atomic mass is 9.91. The van der Waals surface area contributed by atoms with Crippen LogP contribution in [0.3, 0.4) is 0 Å². The molecular formula is C30H27N. The molecule has 0 spiro atoms. The number of rotatable bonds is 4. The molecule has 0 saturated heterocycles. The maximum atomic E-state index is 4.01. The second kappa shape index (κ2) is 7.13. The van der Waals surface area contributed by atoms with Crippen molar-refractivity contribution in [3.05, 3.63) is 112 Å². The van der Waals surface area contributed by atoms with Crippen LogP contribution >= 0.6 is 0 Å². The summed E-state index contributed by atoms with van der Waals surface area (Å²) >= 11 is 0. The van der Waals surface area contributed by atoms with Crippen LogP contribution in [0.25, 0.3) is 22.3 Å². The van der Waals surface area contributed by atoms with Gasteiger partial charge < -0.3 is 5.32 Å². The normalized spacial score (nSPS) is 15.2. The lowest BCUT2D eigenvalue weighted by molar-refractivity contribution is 0.917. The van der Waals surface area contributed by atoms with Crippen molar-refractivity contribution in [2.75, 3.05) is 5.32 Å². The van der Waals surface area contributed by atoms with E-state index in [1.807, 2.05) is 0 Å². The van der Waals surface area contributed by atoms with Gasteiger partial charge in [-0.15, -0.1) is 0 Å². The van der Waals surface area contributed by atoms with Crippen LogP contribution in [0, 0.1) is 0 Å². The standard InChI is InChI=1S/C30H27N/c1-3-19-16-17-25-24-12-7-8-13-26(24)30(29(25)21(19)4-2)31-28-15-9-14-23-22-11-6-5-10-20(22)18-27(23)28/h5-17,30-31H,3-4,18H2,1-2H3. The fourth-order valence-electron chi connectivity index (χ4n) is 5.77. The molecule has 1 nitrogen and oxygen atoms in total. The van der Waals surface area contributed by atoms with E-state index >= 15 is 0 Å². The minimum atomic E-state index is 0.197. The van der Waals surface area contributed by atoms with Crippen molar-refractivity contribution >= 4 is 5.69 Å². The highest BCUT2D eigenvalue weighted by atomic mass is 14.9. The molecule has 1 atom stereocenters. The fraction of sp³-hybridized carbons (Fsp3) is 0.200. The highest BCUT2D eigenvalue weighted by molar-refractivity contribution is 5.85. The van der Waals surface area contributed by atoms with Gasteiger partial charge in [0.25, 0.3) is 0 Å². The molecular weight excluding hydrogens is 374 g/mol. The summed E-state index contributed by atoms with van der Waals surface area (Å²) in [5.74, 6) is 0. The molecule has 4 aromatic carbocycles. The first-order valence-corrected chi connectivity index (χ1v) is 11.5. The first-order valence-electron chi connectivity index (χ1n) is 11.5. The van der Waals surface area contributed by atoms with Crippen molar-refractivity contribution in [1.29, 1.82) is 0 Å². The van der Waals surface area contributed by atoms with Crippen molar-refractivity contribution in [2.24, 2.45) is 0 Å². The minimum Gasteiger partial charge on any atom is -0.374 e. The number of nitrogens with one attached hydrogen (secondary N) is 1. The zero-order valence-corrected chi connectivity index (χ0v) is 18.2. The Balaban J connectivity index is 1.50. The van der Waals surface area contributed by atoms with Crippen molar-refractivity contribution in [2.45, 2.75) is 39.2 Å². The number of hydrogen-bond acceptors (Lipinski definition) is 1. The van der Waals surface area contributed by atoms with Gasteiger partial charge >= 0.3 is 0 Å². The summed E-state index contributed by atoms with van der Waals surface area (Å²) in [6, 6.07) is 29.4. The number of fused-ring (bicyclic) bond motifs is 6. The summed E-state index contributed by atoms with van der Waals surface area (Å²) in [6.07, 6.45) is 3.15. The Morgan fingerprint density at radius 3 is 2.32 bits per heavy atom. The van der Waals surface area contributed by atoms with Gasteiger partial charge in [-0.05, 0) is 74.5 Å². The fourth-order valence-corrected chi connectivity index (χ4v) is 5.77. The van der Waals surface area contributed by atoms with E-state index in [1.165, 1.54) is 61.3 Å². The monoisotopic (exact) mass is 401 g/mol. The number of aryl methyl sites for hydroxylation is 1.